The number of hydrogen-bond donors (Lipinski definition) is 1. The maximum Gasteiger partial charge on any atom is 0.229 e. The molecule has 7 heteroatoms. The number of nitrogens with one attached hydrogen (secondary N) is 1. The summed E-state index contributed by atoms with van der Waals surface area (Å²) in [5, 5.41) is 6.93. The molecule has 5 nitrogen and oxygen atoms in total. The van der Waals surface area contributed by atoms with E-state index in [1.54, 1.807) is 17.5 Å². The molecule has 1 amide bonds. The van der Waals surface area contributed by atoms with Crippen LogP contribution in [0.1, 0.15) is 17.3 Å². The normalized spacial score (nSPS) is 17.1. The number of amides is 1. The number of rotatable bonds is 4. The van der Waals surface area contributed by atoms with Crippen molar-refractivity contribution < 1.29 is 4.79 Å². The second kappa shape index (κ2) is 8.17. The SMILES string of the molecule is O=C(Cc1csc(-c2ccc(Cl)cc2)n1)N1CCNCC1c1cccnc1. The number of halogens is 1. The Hall–Kier alpha value is -2.28. The van der Waals surface area contributed by atoms with Crippen molar-refractivity contribution in [3.8, 4) is 10.6 Å². The van der Waals surface area contributed by atoms with Crippen LogP contribution in [0.25, 0.3) is 10.6 Å². The van der Waals surface area contributed by atoms with Crippen LogP contribution < -0.4 is 5.32 Å². The van der Waals surface area contributed by atoms with Crippen LogP contribution >= 0.6 is 22.9 Å². The summed E-state index contributed by atoms with van der Waals surface area (Å²) >= 11 is 7.49. The monoisotopic (exact) mass is 398 g/mol. The first-order valence-corrected chi connectivity index (χ1v) is 10.1. The highest BCUT2D eigenvalue weighted by Gasteiger charge is 2.28. The molecule has 138 valence electrons. The average Bonchev–Trinajstić information content (AvgIpc) is 3.17. The Morgan fingerprint density at radius 1 is 1.30 bits per heavy atom. The van der Waals surface area contributed by atoms with Crippen LogP contribution in [0.3, 0.4) is 0 Å². The number of nitrogens with zero attached hydrogens (tertiary/aromatic N) is 3. The van der Waals surface area contributed by atoms with Gasteiger partial charge in [0.1, 0.15) is 5.01 Å². The van der Waals surface area contributed by atoms with E-state index in [1.807, 2.05) is 52.9 Å². The Morgan fingerprint density at radius 2 is 2.15 bits per heavy atom. The zero-order valence-electron chi connectivity index (χ0n) is 14.6. The molecule has 2 aromatic heterocycles. The van der Waals surface area contributed by atoms with Gasteiger partial charge in [0.15, 0.2) is 0 Å². The number of pyridine rings is 1. The van der Waals surface area contributed by atoms with Gasteiger partial charge in [-0.3, -0.25) is 9.78 Å². The molecule has 1 atom stereocenters. The van der Waals surface area contributed by atoms with E-state index in [2.05, 4.69) is 15.3 Å². The van der Waals surface area contributed by atoms with Crippen molar-refractivity contribution in [1.29, 1.82) is 0 Å². The first kappa shape index (κ1) is 18.1. The van der Waals surface area contributed by atoms with Gasteiger partial charge in [0.05, 0.1) is 18.2 Å². The third kappa shape index (κ3) is 4.18. The smallest absolute Gasteiger partial charge is 0.229 e. The molecule has 1 unspecified atom stereocenters. The molecular weight excluding hydrogens is 380 g/mol. The first-order chi connectivity index (χ1) is 13.2. The van der Waals surface area contributed by atoms with Gasteiger partial charge in [-0.15, -0.1) is 11.3 Å². The van der Waals surface area contributed by atoms with Crippen LogP contribution in [-0.2, 0) is 11.2 Å². The van der Waals surface area contributed by atoms with Crippen molar-refractivity contribution in [1.82, 2.24) is 20.2 Å². The van der Waals surface area contributed by atoms with Crippen molar-refractivity contribution in [3.05, 3.63) is 70.5 Å². The molecule has 3 heterocycles. The van der Waals surface area contributed by atoms with Gasteiger partial charge in [-0.2, -0.15) is 0 Å². The van der Waals surface area contributed by atoms with Crippen molar-refractivity contribution in [2.45, 2.75) is 12.5 Å². The first-order valence-electron chi connectivity index (χ1n) is 8.81. The maximum absolute atomic E-state index is 13.0. The lowest BCUT2D eigenvalue weighted by molar-refractivity contribution is -0.133. The summed E-state index contributed by atoms with van der Waals surface area (Å²) in [5.41, 5.74) is 2.87. The molecule has 1 aliphatic rings. The number of carbonyl (C=O) groups is 1. The fourth-order valence-electron chi connectivity index (χ4n) is 3.24. The topological polar surface area (TPSA) is 58.1 Å². The van der Waals surface area contributed by atoms with Crippen LogP contribution in [-0.4, -0.2) is 40.4 Å². The van der Waals surface area contributed by atoms with E-state index in [4.69, 9.17) is 11.6 Å². The van der Waals surface area contributed by atoms with Crippen LogP contribution in [0, 0.1) is 0 Å². The summed E-state index contributed by atoms with van der Waals surface area (Å²) in [7, 11) is 0. The Kier molecular flexibility index (Phi) is 5.48. The van der Waals surface area contributed by atoms with Gasteiger partial charge in [-0.1, -0.05) is 29.8 Å². The highest BCUT2D eigenvalue weighted by Crippen LogP contribution is 2.27. The van der Waals surface area contributed by atoms with E-state index in [-0.39, 0.29) is 11.9 Å². The lowest BCUT2D eigenvalue weighted by atomic mass is 10.0. The average molecular weight is 399 g/mol. The van der Waals surface area contributed by atoms with E-state index < -0.39 is 0 Å². The molecule has 3 aromatic rings. The minimum atomic E-state index is 0.00863. The fraction of sp³-hybridized carbons (Fsp3) is 0.250. The fourth-order valence-corrected chi connectivity index (χ4v) is 4.20. The zero-order valence-corrected chi connectivity index (χ0v) is 16.2. The zero-order chi connectivity index (χ0) is 18.6. The van der Waals surface area contributed by atoms with Gasteiger partial charge < -0.3 is 10.2 Å². The molecule has 0 bridgehead atoms. The number of benzene rings is 1. The number of hydrogen-bond acceptors (Lipinski definition) is 5. The molecule has 0 spiro atoms. The van der Waals surface area contributed by atoms with Crippen LogP contribution in [0.4, 0.5) is 0 Å². The standard InChI is InChI=1S/C20H19ClN4OS/c21-16-5-3-14(4-6-16)20-24-17(13-27-20)10-19(26)25-9-8-23-12-18(25)15-2-1-7-22-11-15/h1-7,11,13,18,23H,8-10,12H2. The summed E-state index contributed by atoms with van der Waals surface area (Å²) in [4.78, 5) is 23.7. The maximum atomic E-state index is 13.0. The Labute approximate surface area is 167 Å². The number of aromatic nitrogens is 2. The quantitative estimate of drug-likeness (QED) is 0.729. The predicted octanol–water partition coefficient (Wildman–Crippen LogP) is 3.57. The van der Waals surface area contributed by atoms with Gasteiger partial charge in [0.25, 0.3) is 0 Å². The summed E-state index contributed by atoms with van der Waals surface area (Å²) in [6.07, 6.45) is 3.89. The summed E-state index contributed by atoms with van der Waals surface area (Å²) < 4.78 is 0. The number of carbonyl (C=O) groups excluding carboxylic acids is 1. The molecule has 1 fully saturated rings. The molecule has 1 aliphatic heterocycles. The minimum absolute atomic E-state index is 0.00863. The van der Waals surface area contributed by atoms with E-state index in [0.29, 0.717) is 18.0 Å². The second-order valence-corrected chi connectivity index (χ2v) is 7.72. The molecule has 0 aliphatic carbocycles. The molecule has 1 saturated heterocycles. The lowest BCUT2D eigenvalue weighted by Gasteiger charge is -2.36. The summed E-state index contributed by atoms with van der Waals surface area (Å²) in [6.45, 7) is 2.23. The highest BCUT2D eigenvalue weighted by molar-refractivity contribution is 7.13. The molecule has 1 N–H and O–H groups in total. The summed E-state index contributed by atoms with van der Waals surface area (Å²) in [6, 6.07) is 11.5. The van der Waals surface area contributed by atoms with E-state index >= 15 is 0 Å². The molecule has 27 heavy (non-hydrogen) atoms. The molecular formula is C20H19ClN4OS. The van der Waals surface area contributed by atoms with Crippen LogP contribution in [0.15, 0.2) is 54.2 Å². The van der Waals surface area contributed by atoms with Gasteiger partial charge in [-0.05, 0) is 23.8 Å². The van der Waals surface area contributed by atoms with Crippen molar-refractivity contribution in [3.63, 3.8) is 0 Å². The molecule has 4 rings (SSSR count). The van der Waals surface area contributed by atoms with Crippen LogP contribution in [0.5, 0.6) is 0 Å². The van der Waals surface area contributed by atoms with Crippen molar-refractivity contribution in [2.75, 3.05) is 19.6 Å². The summed E-state index contributed by atoms with van der Waals surface area (Å²) in [5.74, 6) is 0.0957. The lowest BCUT2D eigenvalue weighted by Crippen LogP contribution is -2.49. The molecule has 0 radical (unpaired) electrons. The predicted molar refractivity (Wildman–Crippen MR) is 108 cm³/mol. The largest absolute Gasteiger partial charge is 0.333 e. The molecule has 0 saturated carbocycles. The van der Waals surface area contributed by atoms with Gasteiger partial charge >= 0.3 is 0 Å². The van der Waals surface area contributed by atoms with Crippen LogP contribution in [0.2, 0.25) is 5.02 Å². The second-order valence-electron chi connectivity index (χ2n) is 6.42. The third-order valence-electron chi connectivity index (χ3n) is 4.61. The Balaban J connectivity index is 1.49. The third-order valence-corrected chi connectivity index (χ3v) is 5.80. The Morgan fingerprint density at radius 3 is 2.93 bits per heavy atom. The van der Waals surface area contributed by atoms with Crippen molar-refractivity contribution in [2.24, 2.45) is 0 Å². The minimum Gasteiger partial charge on any atom is -0.333 e. The van der Waals surface area contributed by atoms with E-state index in [9.17, 15) is 4.79 Å². The Bertz CT molecular complexity index is 913. The van der Waals surface area contributed by atoms with Gasteiger partial charge in [0, 0.05) is 48.0 Å². The van der Waals surface area contributed by atoms with E-state index in [1.165, 1.54) is 0 Å². The number of piperazine rings is 1. The number of thiazole rings is 1. The van der Waals surface area contributed by atoms with E-state index in [0.717, 1.165) is 34.9 Å². The highest BCUT2D eigenvalue weighted by atomic mass is 35.5. The molecule has 1 aromatic carbocycles. The van der Waals surface area contributed by atoms with Gasteiger partial charge in [-0.25, -0.2) is 4.98 Å². The van der Waals surface area contributed by atoms with Crippen molar-refractivity contribution >= 4 is 28.8 Å². The van der Waals surface area contributed by atoms with Gasteiger partial charge in [0.2, 0.25) is 5.91 Å².